The van der Waals surface area contributed by atoms with Gasteiger partial charge >= 0.3 is 0 Å². The molecular formula is C13H19NO4S. The van der Waals surface area contributed by atoms with E-state index in [-0.39, 0.29) is 22.6 Å². The molecule has 0 aliphatic carbocycles. The number of rotatable bonds is 4. The summed E-state index contributed by atoms with van der Waals surface area (Å²) in [5.41, 5.74) is 5.84. The van der Waals surface area contributed by atoms with Crippen LogP contribution in [0.1, 0.15) is 13.8 Å². The zero-order chi connectivity index (χ0) is 14.0. The minimum atomic E-state index is -3.40. The fourth-order valence-corrected chi connectivity index (χ4v) is 3.41. The van der Waals surface area contributed by atoms with Crippen molar-refractivity contribution < 1.29 is 17.9 Å². The van der Waals surface area contributed by atoms with Crippen LogP contribution in [-0.2, 0) is 9.84 Å². The maximum absolute atomic E-state index is 12.3. The molecule has 0 saturated carbocycles. The molecule has 0 aromatic heterocycles. The van der Waals surface area contributed by atoms with E-state index in [2.05, 4.69) is 0 Å². The molecule has 0 bridgehead atoms. The second kappa shape index (κ2) is 5.38. The van der Waals surface area contributed by atoms with Gasteiger partial charge in [0.2, 0.25) is 0 Å². The second-order valence-electron chi connectivity index (χ2n) is 4.99. The fraction of sp³-hybridized carbons (Fsp3) is 0.538. The minimum absolute atomic E-state index is 0.0652. The van der Waals surface area contributed by atoms with Gasteiger partial charge in [-0.2, -0.15) is 0 Å². The zero-order valence-electron chi connectivity index (χ0n) is 11.1. The molecular weight excluding hydrogens is 266 g/mol. The lowest BCUT2D eigenvalue weighted by molar-refractivity contribution is 0.171. The molecule has 0 spiro atoms. The summed E-state index contributed by atoms with van der Waals surface area (Å²) in [4.78, 5) is 0.229. The Morgan fingerprint density at radius 1 is 1.21 bits per heavy atom. The topological polar surface area (TPSA) is 78.6 Å². The SMILES string of the molecule is CC(C)C(N)CS(=O)(=O)c1ccc2c(c1)OCCO2. The molecule has 0 radical (unpaired) electrons. The van der Waals surface area contributed by atoms with Gasteiger partial charge in [-0.25, -0.2) is 8.42 Å². The quantitative estimate of drug-likeness (QED) is 0.899. The first-order valence-electron chi connectivity index (χ1n) is 6.28. The second-order valence-corrected chi connectivity index (χ2v) is 7.03. The minimum Gasteiger partial charge on any atom is -0.486 e. The summed E-state index contributed by atoms with van der Waals surface area (Å²) in [5.74, 6) is 1.11. The lowest BCUT2D eigenvalue weighted by Crippen LogP contribution is -2.34. The molecule has 1 atom stereocenters. The summed E-state index contributed by atoms with van der Waals surface area (Å²) in [7, 11) is -3.40. The van der Waals surface area contributed by atoms with Gasteiger partial charge in [0.15, 0.2) is 21.3 Å². The lowest BCUT2D eigenvalue weighted by Gasteiger charge is -2.20. The van der Waals surface area contributed by atoms with Crippen LogP contribution in [-0.4, -0.2) is 33.4 Å². The first-order valence-corrected chi connectivity index (χ1v) is 7.93. The van der Waals surface area contributed by atoms with Gasteiger partial charge < -0.3 is 15.2 Å². The monoisotopic (exact) mass is 285 g/mol. The standard InChI is InChI=1S/C13H19NO4S/c1-9(2)11(14)8-19(15,16)10-3-4-12-13(7-10)18-6-5-17-12/h3-4,7,9,11H,5-6,8,14H2,1-2H3. The highest BCUT2D eigenvalue weighted by atomic mass is 32.2. The molecule has 0 fully saturated rings. The summed E-state index contributed by atoms with van der Waals surface area (Å²) >= 11 is 0. The highest BCUT2D eigenvalue weighted by Crippen LogP contribution is 2.32. The van der Waals surface area contributed by atoms with Gasteiger partial charge in [-0.15, -0.1) is 0 Å². The van der Waals surface area contributed by atoms with Gasteiger partial charge in [0.1, 0.15) is 13.2 Å². The Morgan fingerprint density at radius 3 is 2.47 bits per heavy atom. The molecule has 2 rings (SSSR count). The van der Waals surface area contributed by atoms with Crippen LogP contribution in [0.5, 0.6) is 11.5 Å². The predicted octanol–water partition coefficient (Wildman–Crippen LogP) is 1.21. The van der Waals surface area contributed by atoms with Gasteiger partial charge in [0.25, 0.3) is 0 Å². The molecule has 6 heteroatoms. The number of nitrogens with two attached hydrogens (primary N) is 1. The largest absolute Gasteiger partial charge is 0.486 e. The fourth-order valence-electron chi connectivity index (χ4n) is 1.76. The van der Waals surface area contributed by atoms with Crippen LogP contribution in [0.4, 0.5) is 0 Å². The van der Waals surface area contributed by atoms with E-state index in [1.807, 2.05) is 13.8 Å². The van der Waals surface area contributed by atoms with Crippen molar-refractivity contribution in [2.24, 2.45) is 11.7 Å². The van der Waals surface area contributed by atoms with Crippen molar-refractivity contribution in [3.63, 3.8) is 0 Å². The smallest absolute Gasteiger partial charge is 0.180 e. The summed E-state index contributed by atoms with van der Waals surface area (Å²) in [6.45, 7) is 4.73. The number of fused-ring (bicyclic) bond motifs is 1. The lowest BCUT2D eigenvalue weighted by atomic mass is 10.1. The van der Waals surface area contributed by atoms with Gasteiger partial charge in [0, 0.05) is 12.1 Å². The molecule has 106 valence electrons. The Balaban J connectivity index is 2.26. The molecule has 1 aliphatic heterocycles. The normalized spacial score (nSPS) is 16.4. The summed E-state index contributed by atoms with van der Waals surface area (Å²) in [6.07, 6.45) is 0. The van der Waals surface area contributed by atoms with Crippen LogP contribution in [0.15, 0.2) is 23.1 Å². The van der Waals surface area contributed by atoms with Crippen LogP contribution in [0.2, 0.25) is 0 Å². The van der Waals surface area contributed by atoms with Crippen LogP contribution in [0, 0.1) is 5.92 Å². The molecule has 19 heavy (non-hydrogen) atoms. The average Bonchev–Trinajstić information content (AvgIpc) is 2.37. The molecule has 1 unspecified atom stereocenters. The number of ether oxygens (including phenoxy) is 2. The number of hydrogen-bond acceptors (Lipinski definition) is 5. The van der Waals surface area contributed by atoms with Crippen LogP contribution in [0.25, 0.3) is 0 Å². The molecule has 0 saturated heterocycles. The molecule has 5 nitrogen and oxygen atoms in total. The van der Waals surface area contributed by atoms with Crippen molar-refractivity contribution in [2.75, 3.05) is 19.0 Å². The zero-order valence-corrected chi connectivity index (χ0v) is 11.9. The average molecular weight is 285 g/mol. The summed E-state index contributed by atoms with van der Waals surface area (Å²) in [5, 5.41) is 0. The van der Waals surface area contributed by atoms with Crippen molar-refractivity contribution in [1.29, 1.82) is 0 Å². The van der Waals surface area contributed by atoms with Gasteiger partial charge in [-0.1, -0.05) is 13.8 Å². The van der Waals surface area contributed by atoms with Crippen LogP contribution >= 0.6 is 0 Å². The predicted molar refractivity (Wildman–Crippen MR) is 72.3 cm³/mol. The van der Waals surface area contributed by atoms with E-state index in [4.69, 9.17) is 15.2 Å². The molecule has 2 N–H and O–H groups in total. The van der Waals surface area contributed by atoms with Crippen molar-refractivity contribution in [1.82, 2.24) is 0 Å². The molecule has 1 aromatic carbocycles. The van der Waals surface area contributed by atoms with E-state index < -0.39 is 9.84 Å². The van der Waals surface area contributed by atoms with E-state index in [0.717, 1.165) is 0 Å². The number of benzene rings is 1. The first-order chi connectivity index (χ1) is 8.90. The maximum Gasteiger partial charge on any atom is 0.180 e. The summed E-state index contributed by atoms with van der Waals surface area (Å²) in [6, 6.07) is 4.30. The molecule has 0 amide bonds. The third-order valence-corrected chi connectivity index (χ3v) is 4.94. The highest BCUT2D eigenvalue weighted by Gasteiger charge is 2.23. The van der Waals surface area contributed by atoms with Crippen molar-refractivity contribution in [3.8, 4) is 11.5 Å². The van der Waals surface area contributed by atoms with E-state index in [1.165, 1.54) is 12.1 Å². The number of sulfone groups is 1. The Kier molecular flexibility index (Phi) is 4.01. The maximum atomic E-state index is 12.3. The molecule has 1 aromatic rings. The van der Waals surface area contributed by atoms with E-state index in [9.17, 15) is 8.42 Å². The Bertz CT molecular complexity index is 554. The highest BCUT2D eigenvalue weighted by molar-refractivity contribution is 7.91. The van der Waals surface area contributed by atoms with E-state index in [0.29, 0.717) is 24.7 Å². The van der Waals surface area contributed by atoms with Gasteiger partial charge in [0.05, 0.1) is 10.6 Å². The van der Waals surface area contributed by atoms with Crippen molar-refractivity contribution in [2.45, 2.75) is 24.8 Å². The Hall–Kier alpha value is -1.27. The van der Waals surface area contributed by atoms with Crippen LogP contribution in [0.3, 0.4) is 0 Å². The van der Waals surface area contributed by atoms with E-state index in [1.54, 1.807) is 6.07 Å². The van der Waals surface area contributed by atoms with Crippen molar-refractivity contribution in [3.05, 3.63) is 18.2 Å². The van der Waals surface area contributed by atoms with E-state index >= 15 is 0 Å². The number of hydrogen-bond donors (Lipinski definition) is 1. The molecule has 1 aliphatic rings. The molecule has 1 heterocycles. The van der Waals surface area contributed by atoms with Crippen LogP contribution < -0.4 is 15.2 Å². The summed E-state index contributed by atoms with van der Waals surface area (Å²) < 4.78 is 35.3. The van der Waals surface area contributed by atoms with Gasteiger partial charge in [-0.05, 0) is 18.1 Å². The first kappa shape index (κ1) is 14.1. The third-order valence-electron chi connectivity index (χ3n) is 3.14. The van der Waals surface area contributed by atoms with Gasteiger partial charge in [-0.3, -0.25) is 0 Å². The van der Waals surface area contributed by atoms with Crippen molar-refractivity contribution >= 4 is 9.84 Å². The Morgan fingerprint density at radius 2 is 1.84 bits per heavy atom. The Labute approximate surface area is 113 Å². The third kappa shape index (κ3) is 3.19.